The molecule has 3 heterocycles. The molecule has 0 bridgehead atoms. The molecule has 0 atom stereocenters. The van der Waals surface area contributed by atoms with E-state index in [4.69, 9.17) is 5.73 Å². The molecule has 0 aliphatic carbocycles. The molecule has 0 unspecified atom stereocenters. The van der Waals surface area contributed by atoms with E-state index in [1.165, 1.54) is 10.8 Å². The lowest BCUT2D eigenvalue weighted by Gasteiger charge is -2.36. The zero-order valence-corrected chi connectivity index (χ0v) is 23.2. The number of amides is 4. The molecule has 1 saturated heterocycles. The Labute approximate surface area is 243 Å². The van der Waals surface area contributed by atoms with Gasteiger partial charge in [0.15, 0.2) is 5.82 Å². The number of halogens is 4. The molecule has 11 nitrogen and oxygen atoms in total. The molecule has 1 fully saturated rings. The number of alkyl halides is 3. The lowest BCUT2D eigenvalue weighted by Crippen LogP contribution is -2.51. The maximum absolute atomic E-state index is 13.8. The molecule has 2 aromatic heterocycles. The fourth-order valence-corrected chi connectivity index (χ4v) is 4.86. The van der Waals surface area contributed by atoms with E-state index in [0.29, 0.717) is 59.4 Å². The Kier molecular flexibility index (Phi) is 8.08. The van der Waals surface area contributed by atoms with Crippen LogP contribution in [-0.2, 0) is 6.18 Å². The maximum atomic E-state index is 13.8. The third kappa shape index (κ3) is 6.45. The first-order valence-electron chi connectivity index (χ1n) is 13.4. The minimum Gasteiger partial charge on any atom is -0.382 e. The highest BCUT2D eigenvalue weighted by molar-refractivity contribution is 6.00. The third-order valence-corrected chi connectivity index (χ3v) is 7.14. The van der Waals surface area contributed by atoms with Crippen LogP contribution in [0, 0.1) is 5.82 Å². The van der Waals surface area contributed by atoms with Crippen LogP contribution in [0.2, 0.25) is 0 Å². The van der Waals surface area contributed by atoms with Crippen LogP contribution in [0.1, 0.15) is 19.4 Å². The predicted octanol–water partition coefficient (Wildman–Crippen LogP) is 5.34. The molecule has 1 aliphatic rings. The van der Waals surface area contributed by atoms with Gasteiger partial charge in [-0.25, -0.2) is 23.5 Å². The van der Waals surface area contributed by atoms with Crippen LogP contribution in [0.15, 0.2) is 54.9 Å². The van der Waals surface area contributed by atoms with Crippen molar-refractivity contribution >= 4 is 40.6 Å². The fraction of sp³-hybridized carbons (Fsp3) is 0.286. The summed E-state index contributed by atoms with van der Waals surface area (Å²) in [4.78, 5) is 33.6. The fourth-order valence-electron chi connectivity index (χ4n) is 4.86. The number of hydrogen-bond acceptors (Lipinski definition) is 6. The van der Waals surface area contributed by atoms with E-state index in [1.807, 2.05) is 0 Å². The van der Waals surface area contributed by atoms with Crippen molar-refractivity contribution in [1.29, 1.82) is 0 Å². The van der Waals surface area contributed by atoms with E-state index in [2.05, 4.69) is 44.8 Å². The van der Waals surface area contributed by atoms with Crippen LogP contribution in [0.3, 0.4) is 0 Å². The quantitative estimate of drug-likeness (QED) is 0.229. The topological polar surface area (TPSA) is 133 Å². The Balaban J connectivity index is 1.30. The number of fused-ring (bicyclic) bond motifs is 1. The van der Waals surface area contributed by atoms with E-state index < -0.39 is 23.6 Å². The number of piperazine rings is 1. The van der Waals surface area contributed by atoms with Gasteiger partial charge in [-0.15, -0.1) is 0 Å². The highest BCUT2D eigenvalue weighted by Gasteiger charge is 2.34. The Bertz CT molecular complexity index is 1650. The number of urea groups is 2. The maximum Gasteiger partial charge on any atom is 0.419 e. The molecule has 4 amide bonds. The number of aromatic nitrogens is 3. The summed E-state index contributed by atoms with van der Waals surface area (Å²) in [5.74, 6) is -0.899. The molecule has 15 heteroatoms. The summed E-state index contributed by atoms with van der Waals surface area (Å²) >= 11 is 0. The number of benzene rings is 2. The summed E-state index contributed by atoms with van der Waals surface area (Å²) in [5.41, 5.74) is 6.76. The number of nitrogen functional groups attached to an aromatic ring is 1. The number of nitrogens with zero attached hydrogens (tertiary/aromatic N) is 5. The van der Waals surface area contributed by atoms with Crippen LogP contribution in [-0.4, -0.2) is 68.7 Å². The normalized spacial score (nSPS) is 14.3. The first kappa shape index (κ1) is 29.6. The summed E-state index contributed by atoms with van der Waals surface area (Å²) in [6.07, 6.45) is -3.55. The lowest BCUT2D eigenvalue weighted by molar-refractivity contribution is -0.139. The molecular formula is C28H29F4N9O2. The predicted molar refractivity (Wildman–Crippen MR) is 154 cm³/mol. The number of anilines is 4. The van der Waals surface area contributed by atoms with Crippen molar-refractivity contribution in [3.8, 4) is 11.1 Å². The molecule has 5 N–H and O–H groups in total. The molecule has 0 saturated carbocycles. The molecule has 5 rings (SSSR count). The molecule has 4 aromatic rings. The van der Waals surface area contributed by atoms with Gasteiger partial charge < -0.3 is 21.3 Å². The average molecular weight is 600 g/mol. The summed E-state index contributed by atoms with van der Waals surface area (Å²) < 4.78 is 53.7. The highest BCUT2D eigenvalue weighted by atomic mass is 19.4. The van der Waals surface area contributed by atoms with E-state index in [-0.39, 0.29) is 17.5 Å². The van der Waals surface area contributed by atoms with E-state index >= 15 is 0 Å². The monoisotopic (exact) mass is 599 g/mol. The molecule has 0 spiro atoms. The summed E-state index contributed by atoms with van der Waals surface area (Å²) in [7, 11) is 0. The van der Waals surface area contributed by atoms with Gasteiger partial charge in [-0.2, -0.15) is 18.3 Å². The van der Waals surface area contributed by atoms with Crippen LogP contribution < -0.4 is 21.7 Å². The van der Waals surface area contributed by atoms with Crippen LogP contribution in [0.25, 0.3) is 16.6 Å². The first-order valence-corrected chi connectivity index (χ1v) is 13.4. The molecule has 1 aliphatic heterocycles. The second kappa shape index (κ2) is 11.8. The lowest BCUT2D eigenvalue weighted by atomic mass is 10.1. The van der Waals surface area contributed by atoms with Crippen LogP contribution in [0.4, 0.5) is 50.2 Å². The number of nitrogens with one attached hydrogen (secondary N) is 3. The SMILES string of the molecule is CC(C)N1CCN(C(=O)Nc2cc(-c3ccc(NC(=O)Nc4ccc(C(F)(F)F)c(F)c4)cc3)c3c(N)ncnn23)CC1. The molecule has 43 heavy (non-hydrogen) atoms. The van der Waals surface area contributed by atoms with Crippen molar-refractivity contribution in [2.75, 3.05) is 47.9 Å². The average Bonchev–Trinajstić information content (AvgIpc) is 3.32. The molecule has 0 radical (unpaired) electrons. The van der Waals surface area contributed by atoms with Crippen LogP contribution >= 0.6 is 0 Å². The number of carbonyl (C=O) groups excluding carboxylic acids is 2. The minimum atomic E-state index is -4.84. The molecule has 226 valence electrons. The number of hydrogen-bond donors (Lipinski definition) is 4. The zero-order valence-electron chi connectivity index (χ0n) is 23.2. The van der Waals surface area contributed by atoms with E-state index in [9.17, 15) is 27.2 Å². The Morgan fingerprint density at radius 3 is 2.21 bits per heavy atom. The molecule has 2 aromatic carbocycles. The second-order valence-electron chi connectivity index (χ2n) is 10.2. The third-order valence-electron chi connectivity index (χ3n) is 7.14. The van der Waals surface area contributed by atoms with Gasteiger partial charge in [0.2, 0.25) is 0 Å². The van der Waals surface area contributed by atoms with Crippen molar-refractivity contribution in [3.05, 3.63) is 66.2 Å². The van der Waals surface area contributed by atoms with Crippen molar-refractivity contribution in [2.24, 2.45) is 0 Å². The van der Waals surface area contributed by atoms with Crippen molar-refractivity contribution < 1.29 is 27.2 Å². The molecular weight excluding hydrogens is 570 g/mol. The Morgan fingerprint density at radius 1 is 0.930 bits per heavy atom. The second-order valence-corrected chi connectivity index (χ2v) is 10.2. The standard InChI is InChI=1S/C28H29F4N9O2/c1-16(2)39-9-11-40(12-10-39)27(43)38-23-14-20(24-25(33)34-15-35-41(23)24)17-3-5-18(6-4-17)36-26(42)37-19-7-8-21(22(29)13-19)28(30,31)32/h3-8,13-16H,9-12H2,1-2H3,(H,38,43)(H2,33,34,35)(H2,36,37,42). The highest BCUT2D eigenvalue weighted by Crippen LogP contribution is 2.34. The van der Waals surface area contributed by atoms with Crippen molar-refractivity contribution in [1.82, 2.24) is 24.4 Å². The summed E-state index contributed by atoms with van der Waals surface area (Å²) in [5, 5.41) is 12.0. The van der Waals surface area contributed by atoms with E-state index in [0.717, 1.165) is 19.2 Å². The Morgan fingerprint density at radius 2 is 1.58 bits per heavy atom. The van der Waals surface area contributed by atoms with Gasteiger partial charge in [0.1, 0.15) is 23.5 Å². The van der Waals surface area contributed by atoms with Gasteiger partial charge in [-0.3, -0.25) is 10.2 Å². The minimum absolute atomic E-state index is 0.147. The summed E-state index contributed by atoms with van der Waals surface area (Å²) in [6.45, 7) is 6.98. The van der Waals surface area contributed by atoms with Crippen LogP contribution in [0.5, 0.6) is 0 Å². The number of nitrogens with two attached hydrogens (primary N) is 1. The number of rotatable bonds is 5. The number of carbonyl (C=O) groups is 2. The van der Waals surface area contributed by atoms with Crippen molar-refractivity contribution in [3.63, 3.8) is 0 Å². The van der Waals surface area contributed by atoms with Gasteiger partial charge in [-0.05, 0) is 55.8 Å². The van der Waals surface area contributed by atoms with Gasteiger partial charge in [0.25, 0.3) is 0 Å². The Hall–Kier alpha value is -4.92. The van der Waals surface area contributed by atoms with Gasteiger partial charge >= 0.3 is 18.2 Å². The van der Waals surface area contributed by atoms with E-state index in [1.54, 1.807) is 35.2 Å². The zero-order chi connectivity index (χ0) is 30.9. The first-order chi connectivity index (χ1) is 20.4. The largest absolute Gasteiger partial charge is 0.419 e. The van der Waals surface area contributed by atoms with Crippen molar-refractivity contribution in [2.45, 2.75) is 26.1 Å². The smallest absolute Gasteiger partial charge is 0.382 e. The van der Waals surface area contributed by atoms with Gasteiger partial charge in [-0.1, -0.05) is 12.1 Å². The van der Waals surface area contributed by atoms with Gasteiger partial charge in [0.05, 0.1) is 5.56 Å². The summed E-state index contributed by atoms with van der Waals surface area (Å²) in [6, 6.07) is 9.80. The van der Waals surface area contributed by atoms with Gasteiger partial charge in [0, 0.05) is 49.2 Å².